The monoisotopic (exact) mass is 269 g/mol. The largest absolute Gasteiger partial charge is 0.495 e. The van der Waals surface area contributed by atoms with Gasteiger partial charge in [0.15, 0.2) is 0 Å². The maximum atomic E-state index is 11.8. The van der Waals surface area contributed by atoms with E-state index in [4.69, 9.17) is 21.1 Å². The lowest BCUT2D eigenvalue weighted by Crippen LogP contribution is -2.19. The minimum Gasteiger partial charge on any atom is -0.495 e. The van der Waals surface area contributed by atoms with Crippen LogP contribution in [0.5, 0.6) is 5.75 Å². The zero-order valence-electron chi connectivity index (χ0n) is 10.2. The number of ether oxygens (including phenoxy) is 2. The second-order valence-electron chi connectivity index (χ2n) is 4.24. The first-order valence-electron chi connectivity index (χ1n) is 5.94. The number of hydrogen-bond donors (Lipinski definition) is 1. The minimum absolute atomic E-state index is 0.0497. The molecular formula is C13H16ClNO3. The third-order valence-corrected chi connectivity index (χ3v) is 3.18. The molecule has 0 aromatic heterocycles. The quantitative estimate of drug-likeness (QED) is 0.914. The molecule has 2 rings (SSSR count). The highest BCUT2D eigenvalue weighted by atomic mass is 35.5. The summed E-state index contributed by atoms with van der Waals surface area (Å²) in [6.45, 7) is 0.757. The van der Waals surface area contributed by atoms with Crippen LogP contribution in [0.1, 0.15) is 19.3 Å². The van der Waals surface area contributed by atoms with Gasteiger partial charge < -0.3 is 14.8 Å². The summed E-state index contributed by atoms with van der Waals surface area (Å²) in [7, 11) is 1.54. The number of anilines is 1. The predicted octanol–water partition coefficient (Wildman–Crippen LogP) is 2.86. The predicted molar refractivity (Wildman–Crippen MR) is 70.2 cm³/mol. The Labute approximate surface area is 111 Å². The molecule has 1 aromatic rings. The number of carbonyl (C=O) groups is 1. The summed E-state index contributed by atoms with van der Waals surface area (Å²) in [5.74, 6) is 0.498. The van der Waals surface area contributed by atoms with E-state index in [1.807, 2.05) is 0 Å². The SMILES string of the molecule is COc1cc(NC(=O)C[C@H]2CCCO2)ccc1Cl. The average Bonchev–Trinajstić information content (AvgIpc) is 2.84. The zero-order valence-corrected chi connectivity index (χ0v) is 11.0. The fourth-order valence-corrected chi connectivity index (χ4v) is 2.16. The van der Waals surface area contributed by atoms with Crippen LogP contribution in [-0.4, -0.2) is 25.7 Å². The Bertz CT molecular complexity index is 430. The van der Waals surface area contributed by atoms with Gasteiger partial charge in [-0.05, 0) is 25.0 Å². The van der Waals surface area contributed by atoms with Crippen molar-refractivity contribution >= 4 is 23.2 Å². The van der Waals surface area contributed by atoms with Crippen molar-refractivity contribution in [3.8, 4) is 5.75 Å². The number of nitrogens with one attached hydrogen (secondary N) is 1. The molecule has 1 aliphatic rings. The van der Waals surface area contributed by atoms with Crippen LogP contribution in [0.4, 0.5) is 5.69 Å². The summed E-state index contributed by atoms with van der Waals surface area (Å²) in [6.07, 6.45) is 2.44. The van der Waals surface area contributed by atoms with E-state index in [0.717, 1.165) is 19.4 Å². The van der Waals surface area contributed by atoms with Gasteiger partial charge in [0.25, 0.3) is 0 Å². The lowest BCUT2D eigenvalue weighted by atomic mass is 10.2. The van der Waals surface area contributed by atoms with Gasteiger partial charge in [0, 0.05) is 18.4 Å². The minimum atomic E-state index is -0.0497. The number of hydrogen-bond acceptors (Lipinski definition) is 3. The van der Waals surface area contributed by atoms with Gasteiger partial charge in [-0.1, -0.05) is 11.6 Å². The van der Waals surface area contributed by atoms with Gasteiger partial charge in [-0.15, -0.1) is 0 Å². The molecule has 4 nitrogen and oxygen atoms in total. The highest BCUT2D eigenvalue weighted by molar-refractivity contribution is 6.32. The molecule has 0 bridgehead atoms. The maximum Gasteiger partial charge on any atom is 0.226 e. The highest BCUT2D eigenvalue weighted by Gasteiger charge is 2.19. The van der Waals surface area contributed by atoms with Gasteiger partial charge >= 0.3 is 0 Å². The summed E-state index contributed by atoms with van der Waals surface area (Å²) in [5.41, 5.74) is 0.680. The highest BCUT2D eigenvalue weighted by Crippen LogP contribution is 2.27. The van der Waals surface area contributed by atoms with E-state index in [0.29, 0.717) is 22.9 Å². The van der Waals surface area contributed by atoms with Crippen molar-refractivity contribution in [3.05, 3.63) is 23.2 Å². The Hall–Kier alpha value is -1.26. The number of rotatable bonds is 4. The molecule has 0 radical (unpaired) electrons. The number of carbonyl (C=O) groups excluding carboxylic acids is 1. The van der Waals surface area contributed by atoms with Crippen molar-refractivity contribution < 1.29 is 14.3 Å². The van der Waals surface area contributed by atoms with E-state index in [-0.39, 0.29) is 12.0 Å². The third kappa shape index (κ3) is 3.37. The first-order chi connectivity index (χ1) is 8.69. The molecular weight excluding hydrogens is 254 g/mol. The van der Waals surface area contributed by atoms with Gasteiger partial charge in [0.05, 0.1) is 24.7 Å². The van der Waals surface area contributed by atoms with Gasteiger partial charge in [-0.25, -0.2) is 0 Å². The Morgan fingerprint density at radius 3 is 3.11 bits per heavy atom. The maximum absolute atomic E-state index is 11.8. The number of methoxy groups -OCH3 is 1. The molecule has 1 atom stereocenters. The zero-order chi connectivity index (χ0) is 13.0. The molecule has 5 heteroatoms. The normalized spacial score (nSPS) is 18.7. The van der Waals surface area contributed by atoms with Crippen LogP contribution >= 0.6 is 11.6 Å². The number of halogens is 1. The second kappa shape index (κ2) is 6.07. The first kappa shape index (κ1) is 13.2. The van der Waals surface area contributed by atoms with E-state index in [2.05, 4.69) is 5.32 Å². The van der Waals surface area contributed by atoms with Crippen molar-refractivity contribution in [1.29, 1.82) is 0 Å². The lowest BCUT2D eigenvalue weighted by molar-refractivity contribution is -0.118. The van der Waals surface area contributed by atoms with Crippen LogP contribution in [-0.2, 0) is 9.53 Å². The van der Waals surface area contributed by atoms with Crippen molar-refractivity contribution in [2.24, 2.45) is 0 Å². The molecule has 1 saturated heterocycles. The van der Waals surface area contributed by atoms with Crippen LogP contribution in [0.15, 0.2) is 18.2 Å². The lowest BCUT2D eigenvalue weighted by Gasteiger charge is -2.11. The Balaban J connectivity index is 1.93. The molecule has 1 aliphatic heterocycles. The summed E-state index contributed by atoms with van der Waals surface area (Å²) < 4.78 is 10.5. The summed E-state index contributed by atoms with van der Waals surface area (Å²) in [6, 6.07) is 5.15. The van der Waals surface area contributed by atoms with Crippen LogP contribution in [0.25, 0.3) is 0 Å². The van der Waals surface area contributed by atoms with E-state index in [9.17, 15) is 4.79 Å². The van der Waals surface area contributed by atoms with Crippen LogP contribution in [0.3, 0.4) is 0 Å². The van der Waals surface area contributed by atoms with Crippen molar-refractivity contribution in [1.82, 2.24) is 0 Å². The Morgan fingerprint density at radius 1 is 1.61 bits per heavy atom. The topological polar surface area (TPSA) is 47.6 Å². The second-order valence-corrected chi connectivity index (χ2v) is 4.64. The number of benzene rings is 1. The Morgan fingerprint density at radius 2 is 2.44 bits per heavy atom. The van der Waals surface area contributed by atoms with Gasteiger partial charge in [-0.2, -0.15) is 0 Å². The fraction of sp³-hybridized carbons (Fsp3) is 0.462. The molecule has 1 heterocycles. The molecule has 0 saturated carbocycles. The van der Waals surface area contributed by atoms with Crippen LogP contribution < -0.4 is 10.1 Å². The molecule has 0 aliphatic carbocycles. The molecule has 0 unspecified atom stereocenters. The number of amides is 1. The fourth-order valence-electron chi connectivity index (χ4n) is 1.96. The molecule has 1 N–H and O–H groups in total. The summed E-state index contributed by atoms with van der Waals surface area (Å²) in [4.78, 5) is 11.8. The molecule has 1 amide bonds. The standard InChI is InChI=1S/C13H16ClNO3/c1-17-12-7-9(4-5-11(12)14)15-13(16)8-10-3-2-6-18-10/h4-5,7,10H,2-3,6,8H2,1H3,(H,15,16)/t10-/m1/s1. The summed E-state index contributed by atoms with van der Waals surface area (Å²) >= 11 is 5.91. The van der Waals surface area contributed by atoms with Crippen molar-refractivity contribution in [2.45, 2.75) is 25.4 Å². The van der Waals surface area contributed by atoms with Gasteiger partial charge in [0.1, 0.15) is 5.75 Å². The van der Waals surface area contributed by atoms with Gasteiger partial charge in [0.2, 0.25) is 5.91 Å². The van der Waals surface area contributed by atoms with Crippen LogP contribution in [0, 0.1) is 0 Å². The first-order valence-corrected chi connectivity index (χ1v) is 6.32. The van der Waals surface area contributed by atoms with Crippen molar-refractivity contribution in [2.75, 3.05) is 19.0 Å². The molecule has 18 heavy (non-hydrogen) atoms. The van der Waals surface area contributed by atoms with Crippen LogP contribution in [0.2, 0.25) is 5.02 Å². The van der Waals surface area contributed by atoms with E-state index in [1.54, 1.807) is 25.3 Å². The van der Waals surface area contributed by atoms with Crippen molar-refractivity contribution in [3.63, 3.8) is 0 Å². The summed E-state index contributed by atoms with van der Waals surface area (Å²) in [5, 5.41) is 3.34. The smallest absolute Gasteiger partial charge is 0.226 e. The third-order valence-electron chi connectivity index (χ3n) is 2.87. The van der Waals surface area contributed by atoms with E-state index in [1.165, 1.54) is 0 Å². The van der Waals surface area contributed by atoms with E-state index < -0.39 is 0 Å². The Kier molecular flexibility index (Phi) is 4.44. The molecule has 1 aromatic carbocycles. The molecule has 0 spiro atoms. The van der Waals surface area contributed by atoms with Gasteiger partial charge in [-0.3, -0.25) is 4.79 Å². The molecule has 98 valence electrons. The average molecular weight is 270 g/mol. The molecule has 1 fully saturated rings. The van der Waals surface area contributed by atoms with E-state index >= 15 is 0 Å².